The third kappa shape index (κ3) is 5.85. The highest BCUT2D eigenvalue weighted by Crippen LogP contribution is 2.15. The van der Waals surface area contributed by atoms with Crippen LogP contribution in [0.4, 0.5) is 11.9 Å². The second-order valence-corrected chi connectivity index (χ2v) is 6.66. The van der Waals surface area contributed by atoms with Crippen LogP contribution in [0.1, 0.15) is 27.7 Å². The number of hydrogen-bond donors (Lipinski definition) is 2. The first-order valence-electron chi connectivity index (χ1n) is 7.78. The van der Waals surface area contributed by atoms with Crippen LogP contribution < -0.4 is 10.6 Å². The second-order valence-electron chi connectivity index (χ2n) is 5.72. The summed E-state index contributed by atoms with van der Waals surface area (Å²) < 4.78 is 6.04. The van der Waals surface area contributed by atoms with E-state index in [-0.39, 0.29) is 23.8 Å². The largest absolute Gasteiger partial charge is 0.468 e. The van der Waals surface area contributed by atoms with Gasteiger partial charge in [-0.1, -0.05) is 11.8 Å². The number of nitrogens with one attached hydrogen (secondary N) is 2. The van der Waals surface area contributed by atoms with Crippen molar-refractivity contribution in [3.05, 3.63) is 6.33 Å². The number of ether oxygens (including phenoxy) is 1. The van der Waals surface area contributed by atoms with Gasteiger partial charge in [-0.3, -0.25) is 4.79 Å². The minimum atomic E-state index is -0.339. The molecule has 2 aromatic rings. The number of hydrogen-bond acceptors (Lipinski definition) is 10. The zero-order chi connectivity index (χ0) is 18.4. The number of nitrogens with zero attached hydrogens (tertiary/aromatic N) is 6. The maximum atomic E-state index is 11.2. The molecule has 25 heavy (non-hydrogen) atoms. The number of rotatable bonds is 8. The Morgan fingerprint density at radius 2 is 1.76 bits per heavy atom. The number of methoxy groups -OCH3 is 1. The molecule has 0 saturated carbocycles. The van der Waals surface area contributed by atoms with E-state index in [4.69, 9.17) is 0 Å². The number of anilines is 2. The van der Waals surface area contributed by atoms with E-state index in [0.29, 0.717) is 23.0 Å². The normalized spacial score (nSPS) is 11.0. The summed E-state index contributed by atoms with van der Waals surface area (Å²) in [7, 11) is 1.34. The molecule has 136 valence electrons. The standard InChI is InChI=1S/C14H22N8O2S/c1-8(2)16-11-18-12(17-9(3)4)20-13(19-11)22-7-15-14(21-22)25-6-10(23)24-5/h7-9H,6H2,1-5H3,(H2,16,17,18,19,20). The molecule has 0 aliphatic heterocycles. The monoisotopic (exact) mass is 366 g/mol. The van der Waals surface area contributed by atoms with Crippen molar-refractivity contribution in [2.45, 2.75) is 44.9 Å². The van der Waals surface area contributed by atoms with Crippen LogP contribution in [0.3, 0.4) is 0 Å². The lowest BCUT2D eigenvalue weighted by Crippen LogP contribution is -2.19. The fourth-order valence-electron chi connectivity index (χ4n) is 1.71. The number of carbonyl (C=O) groups excluding carboxylic acids is 1. The van der Waals surface area contributed by atoms with Gasteiger partial charge in [0.05, 0.1) is 12.9 Å². The Balaban J connectivity index is 2.24. The lowest BCUT2D eigenvalue weighted by atomic mass is 10.4. The van der Waals surface area contributed by atoms with Gasteiger partial charge in [0.15, 0.2) is 0 Å². The van der Waals surface area contributed by atoms with E-state index < -0.39 is 0 Å². The molecule has 10 nitrogen and oxygen atoms in total. The average Bonchev–Trinajstić information content (AvgIpc) is 3.00. The molecular weight excluding hydrogens is 344 g/mol. The van der Waals surface area contributed by atoms with Crippen LogP contribution in [0.15, 0.2) is 11.5 Å². The van der Waals surface area contributed by atoms with Crippen LogP contribution in [-0.4, -0.2) is 60.6 Å². The van der Waals surface area contributed by atoms with Crippen molar-refractivity contribution in [1.82, 2.24) is 29.7 Å². The molecule has 0 amide bonds. The summed E-state index contributed by atoms with van der Waals surface area (Å²) in [4.78, 5) is 28.4. The van der Waals surface area contributed by atoms with Crippen molar-refractivity contribution in [2.24, 2.45) is 0 Å². The molecule has 0 saturated heterocycles. The lowest BCUT2D eigenvalue weighted by Gasteiger charge is -2.13. The zero-order valence-corrected chi connectivity index (χ0v) is 15.7. The number of carbonyl (C=O) groups is 1. The first-order chi connectivity index (χ1) is 11.9. The molecule has 11 heteroatoms. The Hall–Kier alpha value is -2.43. The van der Waals surface area contributed by atoms with Gasteiger partial charge in [0.25, 0.3) is 5.95 Å². The third-order valence-electron chi connectivity index (χ3n) is 2.68. The van der Waals surface area contributed by atoms with Gasteiger partial charge in [-0.25, -0.2) is 4.98 Å². The predicted molar refractivity (Wildman–Crippen MR) is 95.0 cm³/mol. The summed E-state index contributed by atoms with van der Waals surface area (Å²) in [6, 6.07) is 0.341. The van der Waals surface area contributed by atoms with Crippen molar-refractivity contribution < 1.29 is 9.53 Å². The Morgan fingerprint density at radius 1 is 1.16 bits per heavy atom. The fraction of sp³-hybridized carbons (Fsp3) is 0.571. The average molecular weight is 366 g/mol. The van der Waals surface area contributed by atoms with Crippen LogP contribution in [-0.2, 0) is 9.53 Å². The molecule has 2 heterocycles. The molecule has 0 bridgehead atoms. The summed E-state index contributed by atoms with van der Waals surface area (Å²) in [6.45, 7) is 7.98. The maximum absolute atomic E-state index is 11.2. The maximum Gasteiger partial charge on any atom is 0.316 e. The smallest absolute Gasteiger partial charge is 0.316 e. The topological polar surface area (TPSA) is 120 Å². The summed E-state index contributed by atoms with van der Waals surface area (Å²) in [5, 5.41) is 11.0. The molecule has 2 aromatic heterocycles. The van der Waals surface area contributed by atoms with Gasteiger partial charge in [-0.2, -0.15) is 19.6 Å². The van der Waals surface area contributed by atoms with Crippen LogP contribution in [0.2, 0.25) is 0 Å². The van der Waals surface area contributed by atoms with Crippen LogP contribution in [0.5, 0.6) is 0 Å². The van der Waals surface area contributed by atoms with Gasteiger partial charge < -0.3 is 15.4 Å². The van der Waals surface area contributed by atoms with Crippen molar-refractivity contribution in [3.63, 3.8) is 0 Å². The quantitative estimate of drug-likeness (QED) is 0.523. The van der Waals surface area contributed by atoms with Crippen LogP contribution in [0, 0.1) is 0 Å². The molecule has 0 aromatic carbocycles. The molecule has 0 fully saturated rings. The van der Waals surface area contributed by atoms with E-state index in [1.54, 1.807) is 0 Å². The summed E-state index contributed by atoms with van der Waals surface area (Å²) in [6.07, 6.45) is 1.49. The van der Waals surface area contributed by atoms with E-state index in [0.717, 1.165) is 0 Å². The van der Waals surface area contributed by atoms with Crippen LogP contribution in [0.25, 0.3) is 5.95 Å². The van der Waals surface area contributed by atoms with Gasteiger partial charge in [0.2, 0.25) is 17.1 Å². The van der Waals surface area contributed by atoms with Gasteiger partial charge in [-0.05, 0) is 27.7 Å². The zero-order valence-electron chi connectivity index (χ0n) is 14.8. The Labute approximate surface area is 150 Å². The van der Waals surface area contributed by atoms with Gasteiger partial charge in [0.1, 0.15) is 6.33 Å². The lowest BCUT2D eigenvalue weighted by molar-refractivity contribution is -0.137. The van der Waals surface area contributed by atoms with E-state index >= 15 is 0 Å². The first kappa shape index (κ1) is 18.9. The molecule has 0 spiro atoms. The van der Waals surface area contributed by atoms with Crippen molar-refractivity contribution in [2.75, 3.05) is 23.5 Å². The van der Waals surface area contributed by atoms with Crippen molar-refractivity contribution in [1.29, 1.82) is 0 Å². The van der Waals surface area contributed by atoms with Gasteiger partial charge in [-0.15, -0.1) is 5.10 Å². The van der Waals surface area contributed by atoms with E-state index in [2.05, 4.69) is 40.4 Å². The van der Waals surface area contributed by atoms with Crippen molar-refractivity contribution >= 4 is 29.6 Å². The Kier molecular flexibility index (Phi) is 6.51. The minimum Gasteiger partial charge on any atom is -0.468 e. The Morgan fingerprint density at radius 3 is 2.28 bits per heavy atom. The highest BCUT2D eigenvalue weighted by atomic mass is 32.2. The summed E-state index contributed by atoms with van der Waals surface area (Å²) in [5.41, 5.74) is 0. The highest BCUT2D eigenvalue weighted by molar-refractivity contribution is 7.99. The van der Waals surface area contributed by atoms with Gasteiger partial charge >= 0.3 is 5.97 Å². The molecule has 0 atom stereocenters. The molecule has 0 aliphatic rings. The molecule has 0 unspecified atom stereocenters. The minimum absolute atomic E-state index is 0.137. The summed E-state index contributed by atoms with van der Waals surface area (Å²) >= 11 is 1.18. The van der Waals surface area contributed by atoms with E-state index in [1.165, 1.54) is 29.9 Å². The number of thioether (sulfide) groups is 1. The first-order valence-corrected chi connectivity index (χ1v) is 8.76. The molecule has 2 rings (SSSR count). The van der Waals surface area contributed by atoms with Crippen molar-refractivity contribution in [3.8, 4) is 5.95 Å². The number of aromatic nitrogens is 6. The molecule has 0 radical (unpaired) electrons. The van der Waals surface area contributed by atoms with Gasteiger partial charge in [0, 0.05) is 12.1 Å². The predicted octanol–water partition coefficient (Wildman–Crippen LogP) is 1.36. The number of esters is 1. The third-order valence-corrected chi connectivity index (χ3v) is 3.51. The summed E-state index contributed by atoms with van der Waals surface area (Å²) in [5.74, 6) is 1.02. The molecule has 2 N–H and O–H groups in total. The SMILES string of the molecule is COC(=O)CSc1ncn(-c2nc(NC(C)C)nc(NC(C)C)n2)n1. The van der Waals surface area contributed by atoms with E-state index in [1.807, 2.05) is 27.7 Å². The van der Waals surface area contributed by atoms with E-state index in [9.17, 15) is 4.79 Å². The molecular formula is C14H22N8O2S. The fourth-order valence-corrected chi connectivity index (χ4v) is 2.34. The second kappa shape index (κ2) is 8.60. The Bertz CT molecular complexity index is 690. The van der Waals surface area contributed by atoms with Crippen LogP contribution >= 0.6 is 11.8 Å². The highest BCUT2D eigenvalue weighted by Gasteiger charge is 2.13. The molecule has 0 aliphatic carbocycles.